The monoisotopic (exact) mass is 512 g/mol. The van der Waals surface area contributed by atoms with Gasteiger partial charge in [0.05, 0.1) is 18.8 Å². The van der Waals surface area contributed by atoms with Gasteiger partial charge in [0.2, 0.25) is 5.91 Å². The lowest BCUT2D eigenvalue weighted by Gasteiger charge is -2.33. The first kappa shape index (κ1) is 25.7. The third-order valence-corrected chi connectivity index (χ3v) is 6.84. The fourth-order valence-electron chi connectivity index (χ4n) is 3.61. The molecule has 180 valence electrons. The summed E-state index contributed by atoms with van der Waals surface area (Å²) in [6.45, 7) is 11.0. The smallest absolute Gasteiger partial charge is 0.409 e. The Morgan fingerprint density at radius 2 is 1.88 bits per heavy atom. The van der Waals surface area contributed by atoms with Crippen LogP contribution in [-0.4, -0.2) is 66.1 Å². The van der Waals surface area contributed by atoms with Gasteiger partial charge in [-0.1, -0.05) is 50.0 Å². The van der Waals surface area contributed by atoms with Crippen molar-refractivity contribution < 1.29 is 14.3 Å². The van der Waals surface area contributed by atoms with Crippen molar-refractivity contribution in [2.75, 3.05) is 44.6 Å². The summed E-state index contributed by atoms with van der Waals surface area (Å²) in [6, 6.07) is 5.48. The second kappa shape index (κ2) is 11.0. The highest BCUT2D eigenvalue weighted by Gasteiger charge is 2.26. The van der Waals surface area contributed by atoms with E-state index in [2.05, 4.69) is 26.1 Å². The Morgan fingerprint density at radius 1 is 1.18 bits per heavy atom. The number of amides is 2. The van der Waals surface area contributed by atoms with E-state index in [1.165, 1.54) is 11.3 Å². The van der Waals surface area contributed by atoms with Gasteiger partial charge in [0.25, 0.3) is 0 Å². The number of nitrogens with zero attached hydrogens (tertiary/aromatic N) is 3. The Hall–Kier alpha value is -1.87. The number of hydrogen-bond acceptors (Lipinski definition) is 6. The summed E-state index contributed by atoms with van der Waals surface area (Å²) >= 11 is 13.9. The van der Waals surface area contributed by atoms with E-state index in [0.717, 1.165) is 16.1 Å². The van der Waals surface area contributed by atoms with Gasteiger partial charge in [0.15, 0.2) is 5.13 Å². The second-order valence-electron chi connectivity index (χ2n) is 8.96. The molecule has 0 unspecified atom stereocenters. The van der Waals surface area contributed by atoms with E-state index in [0.29, 0.717) is 54.4 Å². The average molecular weight is 513 g/mol. The highest BCUT2D eigenvalue weighted by Crippen LogP contribution is 2.35. The van der Waals surface area contributed by atoms with Crippen molar-refractivity contribution >= 4 is 51.7 Å². The molecule has 1 aliphatic rings. The van der Waals surface area contributed by atoms with Crippen LogP contribution in [-0.2, 0) is 21.4 Å². The Kier molecular flexibility index (Phi) is 8.61. The molecular weight excluding hydrogens is 483 g/mol. The van der Waals surface area contributed by atoms with Gasteiger partial charge >= 0.3 is 6.09 Å². The van der Waals surface area contributed by atoms with Crippen LogP contribution in [0.25, 0.3) is 0 Å². The first-order valence-corrected chi connectivity index (χ1v) is 12.5. The Bertz CT molecular complexity index is 998. The minimum absolute atomic E-state index is 0.120. The lowest BCUT2D eigenvalue weighted by Crippen LogP contribution is -2.50. The molecule has 2 aromatic rings. The zero-order valence-corrected chi connectivity index (χ0v) is 21.7. The van der Waals surface area contributed by atoms with Gasteiger partial charge in [-0.15, -0.1) is 11.3 Å². The molecule has 1 saturated heterocycles. The van der Waals surface area contributed by atoms with E-state index in [-0.39, 0.29) is 24.0 Å². The summed E-state index contributed by atoms with van der Waals surface area (Å²) in [5.74, 6) is -0.120. The number of piperazine rings is 1. The molecule has 1 N–H and O–H groups in total. The molecule has 0 bridgehead atoms. The van der Waals surface area contributed by atoms with E-state index >= 15 is 0 Å². The van der Waals surface area contributed by atoms with Gasteiger partial charge in [-0.25, -0.2) is 9.78 Å². The molecule has 0 radical (unpaired) electrons. The van der Waals surface area contributed by atoms with Crippen LogP contribution in [0.15, 0.2) is 18.2 Å². The maximum Gasteiger partial charge on any atom is 0.409 e. The quantitative estimate of drug-likeness (QED) is 0.585. The predicted molar refractivity (Wildman–Crippen MR) is 134 cm³/mol. The van der Waals surface area contributed by atoms with Crippen molar-refractivity contribution in [2.24, 2.45) is 0 Å². The topological polar surface area (TPSA) is 74.8 Å². The third kappa shape index (κ3) is 7.06. The van der Waals surface area contributed by atoms with Crippen molar-refractivity contribution in [3.63, 3.8) is 0 Å². The van der Waals surface area contributed by atoms with Gasteiger partial charge in [0, 0.05) is 52.9 Å². The third-order valence-electron chi connectivity index (χ3n) is 5.29. The molecule has 2 amide bonds. The summed E-state index contributed by atoms with van der Waals surface area (Å²) in [4.78, 5) is 34.0. The number of benzene rings is 1. The standard InChI is InChI=1S/C23H30Cl2N4O3S/c1-5-32-22(31)29-10-8-28(9-11-29)14-19(30)26-21-27-20(23(2,3)4)18(33-21)12-15-6-7-16(24)13-17(15)25/h6-7,13H,5,8-12,14H2,1-4H3,(H,26,27,30). The number of thiazole rings is 1. The molecule has 33 heavy (non-hydrogen) atoms. The Morgan fingerprint density at radius 3 is 2.48 bits per heavy atom. The number of ether oxygens (including phenoxy) is 1. The zero-order valence-electron chi connectivity index (χ0n) is 19.4. The predicted octanol–water partition coefficient (Wildman–Crippen LogP) is 5.05. The molecule has 0 atom stereocenters. The Labute approximate surface area is 209 Å². The normalized spacial score (nSPS) is 14.9. The fraction of sp³-hybridized carbons (Fsp3) is 0.522. The van der Waals surface area contributed by atoms with Gasteiger partial charge in [-0.2, -0.15) is 0 Å². The summed E-state index contributed by atoms with van der Waals surface area (Å²) in [6.07, 6.45) is 0.318. The molecule has 1 aliphatic heterocycles. The van der Waals surface area contributed by atoms with Crippen LogP contribution in [0.3, 0.4) is 0 Å². The minimum Gasteiger partial charge on any atom is -0.450 e. The molecule has 0 spiro atoms. The maximum absolute atomic E-state index is 12.7. The van der Waals surface area contributed by atoms with Gasteiger partial charge in [-0.3, -0.25) is 9.69 Å². The van der Waals surface area contributed by atoms with Crippen molar-refractivity contribution in [1.29, 1.82) is 0 Å². The lowest BCUT2D eigenvalue weighted by molar-refractivity contribution is -0.117. The van der Waals surface area contributed by atoms with Crippen molar-refractivity contribution in [2.45, 2.75) is 39.5 Å². The number of anilines is 1. The van der Waals surface area contributed by atoms with Crippen LogP contribution in [0.2, 0.25) is 10.0 Å². The van der Waals surface area contributed by atoms with E-state index in [4.69, 9.17) is 32.9 Å². The van der Waals surface area contributed by atoms with Gasteiger partial charge < -0.3 is 15.0 Å². The molecule has 2 heterocycles. The van der Waals surface area contributed by atoms with Gasteiger partial charge in [0.1, 0.15) is 0 Å². The average Bonchev–Trinajstić information content (AvgIpc) is 3.13. The largest absolute Gasteiger partial charge is 0.450 e. The van der Waals surface area contributed by atoms with Crippen LogP contribution in [0.1, 0.15) is 43.8 Å². The zero-order chi connectivity index (χ0) is 24.2. The first-order valence-electron chi connectivity index (χ1n) is 10.9. The highest BCUT2D eigenvalue weighted by atomic mass is 35.5. The van der Waals surface area contributed by atoms with E-state index < -0.39 is 0 Å². The molecule has 0 saturated carbocycles. The van der Waals surface area contributed by atoms with Crippen molar-refractivity contribution in [1.82, 2.24) is 14.8 Å². The van der Waals surface area contributed by atoms with Crippen molar-refractivity contribution in [3.8, 4) is 0 Å². The van der Waals surface area contributed by atoms with Crippen LogP contribution in [0, 0.1) is 0 Å². The maximum atomic E-state index is 12.7. The molecule has 3 rings (SSSR count). The summed E-state index contributed by atoms with van der Waals surface area (Å²) in [7, 11) is 0. The number of halogens is 2. The molecular formula is C23H30Cl2N4O3S. The number of aromatic nitrogens is 1. The summed E-state index contributed by atoms with van der Waals surface area (Å²) < 4.78 is 5.04. The van der Waals surface area contributed by atoms with E-state index in [1.807, 2.05) is 17.0 Å². The van der Waals surface area contributed by atoms with E-state index in [1.54, 1.807) is 17.9 Å². The molecule has 7 nitrogen and oxygen atoms in total. The van der Waals surface area contributed by atoms with Crippen LogP contribution < -0.4 is 5.32 Å². The summed E-state index contributed by atoms with van der Waals surface area (Å²) in [5.41, 5.74) is 1.72. The minimum atomic E-state index is -0.299. The van der Waals surface area contributed by atoms with Gasteiger partial charge in [-0.05, 0) is 24.6 Å². The summed E-state index contributed by atoms with van der Waals surface area (Å²) in [5, 5.41) is 4.74. The molecule has 0 aliphatic carbocycles. The van der Waals surface area contributed by atoms with E-state index in [9.17, 15) is 9.59 Å². The molecule has 10 heteroatoms. The molecule has 1 fully saturated rings. The fourth-order valence-corrected chi connectivity index (χ4v) is 5.30. The number of hydrogen-bond donors (Lipinski definition) is 1. The van der Waals surface area contributed by atoms with Crippen LogP contribution in [0.4, 0.5) is 9.93 Å². The number of rotatable bonds is 6. The number of carbonyl (C=O) groups excluding carboxylic acids is 2. The van der Waals surface area contributed by atoms with Crippen LogP contribution in [0.5, 0.6) is 0 Å². The second-order valence-corrected chi connectivity index (χ2v) is 10.9. The Balaban J connectivity index is 1.64. The SMILES string of the molecule is CCOC(=O)N1CCN(CC(=O)Nc2nc(C(C)(C)C)c(Cc3ccc(Cl)cc3Cl)s2)CC1. The number of nitrogens with one attached hydrogen (secondary N) is 1. The first-order chi connectivity index (χ1) is 15.6. The number of carbonyl (C=O) groups is 2. The molecule has 1 aromatic carbocycles. The van der Waals surface area contributed by atoms with Crippen molar-refractivity contribution in [3.05, 3.63) is 44.4 Å². The lowest BCUT2D eigenvalue weighted by atomic mass is 9.90. The van der Waals surface area contributed by atoms with Crippen LogP contribution >= 0.6 is 34.5 Å². The molecule has 1 aromatic heterocycles. The highest BCUT2D eigenvalue weighted by molar-refractivity contribution is 7.15.